The van der Waals surface area contributed by atoms with E-state index in [1.54, 1.807) is 0 Å². The van der Waals surface area contributed by atoms with Gasteiger partial charge in [0.25, 0.3) is 0 Å². The van der Waals surface area contributed by atoms with E-state index in [9.17, 15) is 0 Å². The lowest BCUT2D eigenvalue weighted by Gasteiger charge is -2.29. The van der Waals surface area contributed by atoms with Crippen molar-refractivity contribution >= 4 is 0 Å². The van der Waals surface area contributed by atoms with E-state index in [1.165, 1.54) is 11.1 Å². The largest absolute Gasteiger partial charge is 0.361 e. The molecule has 1 aromatic rings. The van der Waals surface area contributed by atoms with Crippen molar-refractivity contribution in [1.82, 2.24) is 4.90 Å². The summed E-state index contributed by atoms with van der Waals surface area (Å²) < 4.78 is 5.32. The second-order valence-electron chi connectivity index (χ2n) is 4.21. The third-order valence-corrected chi connectivity index (χ3v) is 2.78. The number of hydrogen-bond donors (Lipinski definition) is 0. The van der Waals surface area contributed by atoms with Gasteiger partial charge in [0.15, 0.2) is 6.10 Å². The summed E-state index contributed by atoms with van der Waals surface area (Å²) in [5, 5.41) is 8.82. The van der Waals surface area contributed by atoms with Gasteiger partial charge in [-0.15, -0.1) is 0 Å². The van der Waals surface area contributed by atoms with Gasteiger partial charge in [-0.1, -0.05) is 29.8 Å². The van der Waals surface area contributed by atoms with Crippen molar-refractivity contribution in [2.75, 3.05) is 19.7 Å². The van der Waals surface area contributed by atoms with Crippen LogP contribution in [0.1, 0.15) is 11.1 Å². The van der Waals surface area contributed by atoms with E-state index < -0.39 is 0 Å². The van der Waals surface area contributed by atoms with E-state index in [0.717, 1.165) is 13.1 Å². The number of aryl methyl sites for hydroxylation is 1. The highest BCUT2D eigenvalue weighted by molar-refractivity contribution is 5.22. The maximum atomic E-state index is 8.82. The Morgan fingerprint density at radius 1 is 1.56 bits per heavy atom. The molecule has 0 radical (unpaired) electrons. The minimum Gasteiger partial charge on any atom is -0.361 e. The number of rotatable bonds is 2. The van der Waals surface area contributed by atoms with Crippen LogP contribution < -0.4 is 0 Å². The molecule has 16 heavy (non-hydrogen) atoms. The molecule has 3 nitrogen and oxygen atoms in total. The van der Waals surface area contributed by atoms with Gasteiger partial charge in [-0.25, -0.2) is 0 Å². The van der Waals surface area contributed by atoms with Crippen LogP contribution in [0.25, 0.3) is 0 Å². The van der Waals surface area contributed by atoms with E-state index in [0.29, 0.717) is 13.2 Å². The van der Waals surface area contributed by atoms with Crippen LogP contribution in [0.3, 0.4) is 0 Å². The molecule has 1 fully saturated rings. The molecule has 0 spiro atoms. The van der Waals surface area contributed by atoms with E-state index in [2.05, 4.69) is 42.2 Å². The van der Waals surface area contributed by atoms with Gasteiger partial charge < -0.3 is 4.74 Å². The van der Waals surface area contributed by atoms with Crippen molar-refractivity contribution in [2.45, 2.75) is 19.6 Å². The molecule has 1 aliphatic rings. The summed E-state index contributed by atoms with van der Waals surface area (Å²) in [5.74, 6) is 0. The Morgan fingerprint density at radius 2 is 2.44 bits per heavy atom. The Kier molecular flexibility index (Phi) is 3.55. The van der Waals surface area contributed by atoms with E-state index in [1.807, 2.05) is 0 Å². The summed E-state index contributed by atoms with van der Waals surface area (Å²) >= 11 is 0. The monoisotopic (exact) mass is 216 g/mol. The Labute approximate surface area is 96.2 Å². The Morgan fingerprint density at radius 3 is 3.19 bits per heavy atom. The van der Waals surface area contributed by atoms with Gasteiger partial charge in [-0.3, -0.25) is 4.90 Å². The van der Waals surface area contributed by atoms with Crippen LogP contribution >= 0.6 is 0 Å². The molecule has 0 aromatic heterocycles. The van der Waals surface area contributed by atoms with Crippen LogP contribution in [0.4, 0.5) is 0 Å². The van der Waals surface area contributed by atoms with Gasteiger partial charge in [0, 0.05) is 19.6 Å². The van der Waals surface area contributed by atoms with E-state index >= 15 is 0 Å². The molecule has 0 N–H and O–H groups in total. The minimum absolute atomic E-state index is 0.265. The molecule has 1 aliphatic heterocycles. The van der Waals surface area contributed by atoms with Crippen molar-refractivity contribution in [3.63, 3.8) is 0 Å². The van der Waals surface area contributed by atoms with Crippen LogP contribution in [-0.2, 0) is 11.3 Å². The van der Waals surface area contributed by atoms with Gasteiger partial charge in [-0.05, 0) is 12.5 Å². The first-order chi connectivity index (χ1) is 7.78. The maximum absolute atomic E-state index is 8.82. The summed E-state index contributed by atoms with van der Waals surface area (Å²) in [5.41, 5.74) is 2.58. The second kappa shape index (κ2) is 5.11. The predicted octanol–water partition coefficient (Wildman–Crippen LogP) is 1.72. The molecule has 1 heterocycles. The van der Waals surface area contributed by atoms with Gasteiger partial charge in [0.05, 0.1) is 12.7 Å². The van der Waals surface area contributed by atoms with Crippen LogP contribution in [0, 0.1) is 18.3 Å². The molecular formula is C13H16N2O. The van der Waals surface area contributed by atoms with Gasteiger partial charge in [-0.2, -0.15) is 5.26 Å². The Hall–Kier alpha value is -1.37. The van der Waals surface area contributed by atoms with Crippen molar-refractivity contribution in [3.05, 3.63) is 35.4 Å². The molecule has 1 aromatic carbocycles. The molecule has 1 unspecified atom stereocenters. The number of morpholine rings is 1. The van der Waals surface area contributed by atoms with Crippen molar-refractivity contribution in [1.29, 1.82) is 5.26 Å². The minimum atomic E-state index is -0.265. The number of nitrogens with zero attached hydrogens (tertiary/aromatic N) is 2. The van der Waals surface area contributed by atoms with Crippen molar-refractivity contribution in [3.8, 4) is 6.07 Å². The second-order valence-corrected chi connectivity index (χ2v) is 4.21. The summed E-state index contributed by atoms with van der Waals surface area (Å²) in [6, 6.07) is 10.7. The standard InChI is InChI=1S/C13H16N2O/c1-11-3-2-4-12(7-11)9-15-5-6-16-13(8-14)10-15/h2-4,7,13H,5-6,9-10H2,1H3. The third-order valence-electron chi connectivity index (χ3n) is 2.78. The number of ether oxygens (including phenoxy) is 1. The zero-order chi connectivity index (χ0) is 11.4. The molecule has 0 amide bonds. The number of nitriles is 1. The first-order valence-electron chi connectivity index (χ1n) is 5.57. The van der Waals surface area contributed by atoms with E-state index in [4.69, 9.17) is 10.00 Å². The highest BCUT2D eigenvalue weighted by Gasteiger charge is 2.19. The van der Waals surface area contributed by atoms with Crippen LogP contribution in [0.5, 0.6) is 0 Å². The summed E-state index contributed by atoms with van der Waals surface area (Å²) in [6.45, 7) is 5.28. The average Bonchev–Trinajstić information content (AvgIpc) is 2.29. The lowest BCUT2D eigenvalue weighted by molar-refractivity contribution is -0.00269. The molecule has 0 saturated carbocycles. The fourth-order valence-electron chi connectivity index (χ4n) is 1.99. The van der Waals surface area contributed by atoms with Crippen LogP contribution in [0.2, 0.25) is 0 Å². The Bertz CT molecular complexity index is 397. The molecular weight excluding hydrogens is 200 g/mol. The average molecular weight is 216 g/mol. The maximum Gasteiger partial charge on any atom is 0.156 e. The summed E-state index contributed by atoms with van der Waals surface area (Å²) in [7, 11) is 0. The number of hydrogen-bond acceptors (Lipinski definition) is 3. The third kappa shape index (κ3) is 2.82. The summed E-state index contributed by atoms with van der Waals surface area (Å²) in [6.07, 6.45) is -0.265. The van der Waals surface area contributed by atoms with Gasteiger partial charge in [0.1, 0.15) is 0 Å². The zero-order valence-corrected chi connectivity index (χ0v) is 9.52. The normalized spacial score (nSPS) is 21.6. The van der Waals surface area contributed by atoms with E-state index in [-0.39, 0.29) is 6.10 Å². The predicted molar refractivity (Wildman–Crippen MR) is 61.8 cm³/mol. The fourth-order valence-corrected chi connectivity index (χ4v) is 1.99. The zero-order valence-electron chi connectivity index (χ0n) is 9.52. The van der Waals surface area contributed by atoms with Gasteiger partial charge >= 0.3 is 0 Å². The molecule has 1 saturated heterocycles. The lowest BCUT2D eigenvalue weighted by atomic mass is 10.1. The molecule has 0 bridgehead atoms. The molecule has 84 valence electrons. The highest BCUT2D eigenvalue weighted by Crippen LogP contribution is 2.11. The van der Waals surface area contributed by atoms with Crippen molar-refractivity contribution < 1.29 is 4.74 Å². The fraction of sp³-hybridized carbons (Fsp3) is 0.462. The van der Waals surface area contributed by atoms with Crippen LogP contribution in [-0.4, -0.2) is 30.7 Å². The quantitative estimate of drug-likeness (QED) is 0.755. The van der Waals surface area contributed by atoms with Gasteiger partial charge in [0.2, 0.25) is 0 Å². The summed E-state index contributed by atoms with van der Waals surface area (Å²) in [4.78, 5) is 2.27. The topological polar surface area (TPSA) is 36.3 Å². The molecule has 3 heteroatoms. The van der Waals surface area contributed by atoms with Crippen molar-refractivity contribution in [2.24, 2.45) is 0 Å². The van der Waals surface area contributed by atoms with Crippen LogP contribution in [0.15, 0.2) is 24.3 Å². The first-order valence-corrected chi connectivity index (χ1v) is 5.57. The Balaban J connectivity index is 1.97. The molecule has 2 rings (SSSR count). The molecule has 0 aliphatic carbocycles. The first kappa shape index (κ1) is 11.1. The SMILES string of the molecule is Cc1cccc(CN2CCOC(C#N)C2)c1. The highest BCUT2D eigenvalue weighted by atomic mass is 16.5. The molecule has 1 atom stereocenters. The number of benzene rings is 1. The smallest absolute Gasteiger partial charge is 0.156 e. The lowest BCUT2D eigenvalue weighted by Crippen LogP contribution is -2.41.